The van der Waals surface area contributed by atoms with Gasteiger partial charge in [-0.1, -0.05) is 38.8 Å². The number of hydrogen-bond donors (Lipinski definition) is 3. The summed E-state index contributed by atoms with van der Waals surface area (Å²) >= 11 is 0. The number of nitrogens with one attached hydrogen (secondary N) is 3. The largest absolute Gasteiger partial charge is 0.382 e. The van der Waals surface area contributed by atoms with E-state index in [9.17, 15) is 4.79 Å². The molecule has 1 amide bonds. The molecule has 0 aliphatic heterocycles. The molecule has 2 rings (SSSR count). The molecule has 1 aromatic carbocycles. The maximum atomic E-state index is 11.8. The lowest BCUT2D eigenvalue weighted by Crippen LogP contribution is -2.43. The molecule has 0 aromatic heterocycles. The average molecular weight is 545 g/mol. The zero-order valence-corrected chi connectivity index (χ0v) is 22.0. The predicted molar refractivity (Wildman–Crippen MR) is 140 cm³/mol. The number of amides is 1. The quantitative estimate of drug-likeness (QED) is 0.160. The summed E-state index contributed by atoms with van der Waals surface area (Å²) in [7, 11) is 0. The van der Waals surface area contributed by atoms with Crippen molar-refractivity contribution in [3.63, 3.8) is 0 Å². The molecule has 7 heteroatoms. The van der Waals surface area contributed by atoms with Crippen molar-refractivity contribution in [1.29, 1.82) is 0 Å². The number of benzene rings is 1. The molecule has 3 N–H and O–H groups in total. The summed E-state index contributed by atoms with van der Waals surface area (Å²) in [6.07, 6.45) is 6.24. The first-order chi connectivity index (χ1) is 14.5. The SMILES string of the molecule is CCNC(=NCc1ccc(NC(=O)C(C)C)cc1)NCC1(CCOCC)CCCC1.I. The van der Waals surface area contributed by atoms with E-state index < -0.39 is 0 Å². The Hall–Kier alpha value is -1.35. The van der Waals surface area contributed by atoms with Gasteiger partial charge in [0.1, 0.15) is 0 Å². The number of nitrogens with zero attached hydrogens (tertiary/aromatic N) is 1. The van der Waals surface area contributed by atoms with Crippen LogP contribution in [0.15, 0.2) is 29.3 Å². The fourth-order valence-electron chi connectivity index (χ4n) is 3.84. The maximum Gasteiger partial charge on any atom is 0.226 e. The Morgan fingerprint density at radius 1 is 1.13 bits per heavy atom. The number of carbonyl (C=O) groups excluding carboxylic acids is 1. The predicted octanol–water partition coefficient (Wildman–Crippen LogP) is 4.94. The molecule has 1 aromatic rings. The number of anilines is 1. The van der Waals surface area contributed by atoms with Gasteiger partial charge in [0.15, 0.2) is 5.96 Å². The summed E-state index contributed by atoms with van der Waals surface area (Å²) in [4.78, 5) is 16.6. The van der Waals surface area contributed by atoms with Crippen LogP contribution in [0, 0.1) is 11.3 Å². The molecule has 1 aliphatic carbocycles. The first kappa shape index (κ1) is 27.7. The maximum absolute atomic E-state index is 11.8. The highest BCUT2D eigenvalue weighted by Gasteiger charge is 2.33. The minimum atomic E-state index is -0.0280. The van der Waals surface area contributed by atoms with E-state index in [4.69, 9.17) is 9.73 Å². The van der Waals surface area contributed by atoms with E-state index in [0.717, 1.165) is 49.9 Å². The lowest BCUT2D eigenvalue weighted by molar-refractivity contribution is -0.118. The third kappa shape index (κ3) is 9.76. The number of guanidine groups is 1. The highest BCUT2D eigenvalue weighted by atomic mass is 127. The molecule has 1 fully saturated rings. The van der Waals surface area contributed by atoms with Gasteiger partial charge in [0, 0.05) is 37.9 Å². The Morgan fingerprint density at radius 2 is 1.81 bits per heavy atom. The van der Waals surface area contributed by atoms with Crippen molar-refractivity contribution >= 4 is 41.5 Å². The van der Waals surface area contributed by atoms with Crippen molar-refractivity contribution in [2.45, 2.75) is 66.3 Å². The van der Waals surface area contributed by atoms with E-state index in [2.05, 4.69) is 29.8 Å². The highest BCUT2D eigenvalue weighted by molar-refractivity contribution is 14.0. The van der Waals surface area contributed by atoms with Crippen LogP contribution >= 0.6 is 24.0 Å². The van der Waals surface area contributed by atoms with Crippen LogP contribution in [-0.2, 0) is 16.1 Å². The highest BCUT2D eigenvalue weighted by Crippen LogP contribution is 2.40. The standard InChI is InChI=1S/C24H40N4O2.HI/c1-5-25-23(27-18-24(13-7-8-14-24)15-16-30-6-2)26-17-20-9-11-21(12-10-20)28-22(29)19(3)4;/h9-12,19H,5-8,13-18H2,1-4H3,(H,28,29)(H2,25,26,27);1H. The van der Waals surface area contributed by atoms with Crippen LogP contribution in [0.4, 0.5) is 5.69 Å². The van der Waals surface area contributed by atoms with Gasteiger partial charge < -0.3 is 20.7 Å². The number of hydrogen-bond acceptors (Lipinski definition) is 3. The summed E-state index contributed by atoms with van der Waals surface area (Å²) < 4.78 is 5.63. The van der Waals surface area contributed by atoms with Gasteiger partial charge in [-0.2, -0.15) is 0 Å². The molecule has 176 valence electrons. The molecule has 0 saturated heterocycles. The lowest BCUT2D eigenvalue weighted by atomic mass is 9.83. The molecular formula is C24H41IN4O2. The zero-order valence-electron chi connectivity index (χ0n) is 19.6. The molecular weight excluding hydrogens is 503 g/mol. The first-order valence-corrected chi connectivity index (χ1v) is 11.5. The molecule has 0 radical (unpaired) electrons. The molecule has 6 nitrogen and oxygen atoms in total. The van der Waals surface area contributed by atoms with Crippen molar-refractivity contribution in [2.24, 2.45) is 16.3 Å². The molecule has 0 atom stereocenters. The van der Waals surface area contributed by atoms with E-state index in [1.54, 1.807) is 0 Å². The number of ether oxygens (including phenoxy) is 1. The van der Waals surface area contributed by atoms with Crippen LogP contribution < -0.4 is 16.0 Å². The van der Waals surface area contributed by atoms with Gasteiger partial charge in [0.05, 0.1) is 6.54 Å². The number of rotatable bonds is 11. The monoisotopic (exact) mass is 544 g/mol. The Bertz CT molecular complexity index is 671. The van der Waals surface area contributed by atoms with Gasteiger partial charge in [-0.25, -0.2) is 4.99 Å². The molecule has 0 unspecified atom stereocenters. The fourth-order valence-corrected chi connectivity index (χ4v) is 3.84. The van der Waals surface area contributed by atoms with Gasteiger partial charge in [-0.15, -0.1) is 24.0 Å². The van der Waals surface area contributed by atoms with Crippen LogP contribution in [0.3, 0.4) is 0 Å². The normalized spacial score (nSPS) is 15.5. The van der Waals surface area contributed by atoms with E-state index in [1.807, 2.05) is 38.1 Å². The minimum Gasteiger partial charge on any atom is -0.382 e. The Labute approximate surface area is 205 Å². The summed E-state index contributed by atoms with van der Waals surface area (Å²) in [5.41, 5.74) is 2.26. The summed E-state index contributed by atoms with van der Waals surface area (Å²) in [5.74, 6) is 0.863. The zero-order chi connectivity index (χ0) is 21.8. The summed E-state index contributed by atoms with van der Waals surface area (Å²) in [5, 5.41) is 9.86. The molecule has 0 heterocycles. The Morgan fingerprint density at radius 3 is 2.39 bits per heavy atom. The third-order valence-electron chi connectivity index (χ3n) is 5.79. The van der Waals surface area contributed by atoms with Crippen LogP contribution in [0.1, 0.15) is 65.4 Å². The fraction of sp³-hybridized carbons (Fsp3) is 0.667. The Kier molecular flexibility index (Phi) is 13.1. The van der Waals surface area contributed by atoms with E-state index in [1.165, 1.54) is 25.7 Å². The smallest absolute Gasteiger partial charge is 0.226 e. The van der Waals surface area contributed by atoms with Crippen LogP contribution in [-0.4, -0.2) is 38.2 Å². The average Bonchev–Trinajstić information content (AvgIpc) is 3.20. The second-order valence-corrected chi connectivity index (χ2v) is 8.54. The van der Waals surface area contributed by atoms with Crippen LogP contribution in [0.25, 0.3) is 0 Å². The topological polar surface area (TPSA) is 74.8 Å². The van der Waals surface area contributed by atoms with Gasteiger partial charge in [0.25, 0.3) is 0 Å². The van der Waals surface area contributed by atoms with E-state index >= 15 is 0 Å². The Balaban J connectivity index is 0.00000480. The number of aliphatic imine (C=N–C) groups is 1. The van der Waals surface area contributed by atoms with Crippen molar-refractivity contribution in [2.75, 3.05) is 31.6 Å². The van der Waals surface area contributed by atoms with E-state index in [-0.39, 0.29) is 35.8 Å². The summed E-state index contributed by atoms with van der Waals surface area (Å²) in [6, 6.07) is 7.91. The first-order valence-electron chi connectivity index (χ1n) is 11.5. The minimum absolute atomic E-state index is 0. The van der Waals surface area contributed by atoms with Gasteiger partial charge in [-0.05, 0) is 56.2 Å². The van der Waals surface area contributed by atoms with Gasteiger partial charge >= 0.3 is 0 Å². The van der Waals surface area contributed by atoms with Gasteiger partial charge in [-0.3, -0.25) is 4.79 Å². The van der Waals surface area contributed by atoms with Crippen molar-refractivity contribution in [3.05, 3.63) is 29.8 Å². The summed E-state index contributed by atoms with van der Waals surface area (Å²) in [6.45, 7) is 11.9. The molecule has 1 saturated carbocycles. The number of halogens is 1. The van der Waals surface area contributed by atoms with E-state index in [0.29, 0.717) is 12.0 Å². The molecule has 0 spiro atoms. The third-order valence-corrected chi connectivity index (χ3v) is 5.79. The second-order valence-electron chi connectivity index (χ2n) is 8.54. The van der Waals surface area contributed by atoms with Crippen molar-refractivity contribution in [1.82, 2.24) is 10.6 Å². The molecule has 1 aliphatic rings. The van der Waals surface area contributed by atoms with Crippen LogP contribution in [0.5, 0.6) is 0 Å². The van der Waals surface area contributed by atoms with Crippen molar-refractivity contribution < 1.29 is 9.53 Å². The second kappa shape index (κ2) is 14.7. The van der Waals surface area contributed by atoms with Gasteiger partial charge in [0.2, 0.25) is 5.91 Å². The lowest BCUT2D eigenvalue weighted by Gasteiger charge is -2.30. The molecule has 0 bridgehead atoms. The van der Waals surface area contributed by atoms with Crippen molar-refractivity contribution in [3.8, 4) is 0 Å². The molecule has 31 heavy (non-hydrogen) atoms. The number of carbonyl (C=O) groups is 1. The van der Waals surface area contributed by atoms with Crippen LogP contribution in [0.2, 0.25) is 0 Å².